The van der Waals surface area contributed by atoms with E-state index in [0.717, 1.165) is 6.42 Å². The Balaban J connectivity index is 2.47. The molecule has 0 heterocycles. The number of benzene rings is 1. The van der Waals surface area contributed by atoms with E-state index < -0.39 is 6.10 Å². The van der Waals surface area contributed by atoms with Crippen LogP contribution >= 0.6 is 0 Å². The van der Waals surface area contributed by atoms with Crippen molar-refractivity contribution in [1.29, 1.82) is 0 Å². The number of carbonyl (C=O) groups is 1. The van der Waals surface area contributed by atoms with Gasteiger partial charge in [0.2, 0.25) is 5.91 Å². The van der Waals surface area contributed by atoms with Crippen LogP contribution in [0.15, 0.2) is 18.2 Å². The normalized spacial score (nSPS) is 12.2. The van der Waals surface area contributed by atoms with E-state index in [2.05, 4.69) is 5.32 Å². The molecule has 0 aliphatic rings. The summed E-state index contributed by atoms with van der Waals surface area (Å²) in [7, 11) is 0. The number of hydrogen-bond acceptors (Lipinski definition) is 2. The van der Waals surface area contributed by atoms with Gasteiger partial charge in [0.25, 0.3) is 0 Å². The van der Waals surface area contributed by atoms with E-state index in [1.54, 1.807) is 19.1 Å². The predicted octanol–water partition coefficient (Wildman–Crippen LogP) is 2.47. The van der Waals surface area contributed by atoms with Crippen LogP contribution in [0.25, 0.3) is 0 Å². The fraction of sp³-hybridized carbons (Fsp3) is 0.500. The molecule has 0 bridgehead atoms. The number of amides is 1. The maximum absolute atomic E-state index is 13.1. The number of halogens is 1. The smallest absolute Gasteiger partial charge is 0.220 e. The molecule has 0 saturated carbocycles. The van der Waals surface area contributed by atoms with Gasteiger partial charge in [0.1, 0.15) is 5.82 Å². The molecule has 0 aromatic heterocycles. The Labute approximate surface area is 107 Å². The van der Waals surface area contributed by atoms with Crippen molar-refractivity contribution in [3.63, 3.8) is 0 Å². The molecule has 0 spiro atoms. The molecule has 0 aliphatic heterocycles. The van der Waals surface area contributed by atoms with Crippen molar-refractivity contribution in [2.24, 2.45) is 0 Å². The lowest BCUT2D eigenvalue weighted by molar-refractivity contribution is -0.121. The van der Waals surface area contributed by atoms with E-state index in [4.69, 9.17) is 0 Å². The number of aliphatic hydroxyl groups excluding tert-OH is 1. The topological polar surface area (TPSA) is 49.3 Å². The van der Waals surface area contributed by atoms with Crippen molar-refractivity contribution in [1.82, 2.24) is 5.32 Å². The van der Waals surface area contributed by atoms with Gasteiger partial charge in [0.15, 0.2) is 0 Å². The average molecular weight is 253 g/mol. The second-order valence-corrected chi connectivity index (χ2v) is 4.41. The molecule has 1 rings (SSSR count). The fourth-order valence-corrected chi connectivity index (χ4v) is 1.66. The number of carbonyl (C=O) groups excluding carboxylic acids is 1. The van der Waals surface area contributed by atoms with E-state index in [0.29, 0.717) is 24.1 Å². The highest BCUT2D eigenvalue weighted by molar-refractivity contribution is 5.75. The number of aryl methyl sites for hydroxylation is 1. The molecule has 1 amide bonds. The molecule has 0 radical (unpaired) electrons. The Morgan fingerprint density at radius 1 is 1.50 bits per heavy atom. The Bertz CT molecular complexity index is 407. The van der Waals surface area contributed by atoms with Crippen molar-refractivity contribution in [2.75, 3.05) is 6.54 Å². The van der Waals surface area contributed by atoms with Crippen LogP contribution in [0.1, 0.15) is 43.4 Å². The minimum atomic E-state index is -0.725. The quantitative estimate of drug-likeness (QED) is 0.818. The van der Waals surface area contributed by atoms with Crippen LogP contribution in [0.3, 0.4) is 0 Å². The summed E-state index contributed by atoms with van der Waals surface area (Å²) < 4.78 is 13.1. The maximum Gasteiger partial charge on any atom is 0.220 e. The molecule has 1 unspecified atom stereocenters. The Kier molecular flexibility index (Phi) is 5.78. The van der Waals surface area contributed by atoms with Gasteiger partial charge in [-0.3, -0.25) is 4.79 Å². The zero-order valence-corrected chi connectivity index (χ0v) is 10.9. The summed E-state index contributed by atoms with van der Waals surface area (Å²) in [5.41, 5.74) is 1.15. The summed E-state index contributed by atoms with van der Waals surface area (Å²) >= 11 is 0. The van der Waals surface area contributed by atoms with E-state index in [1.807, 2.05) is 6.92 Å². The van der Waals surface area contributed by atoms with Gasteiger partial charge >= 0.3 is 0 Å². The monoisotopic (exact) mass is 253 g/mol. The van der Waals surface area contributed by atoms with Crippen LogP contribution in [-0.2, 0) is 4.79 Å². The molecule has 0 saturated heterocycles. The van der Waals surface area contributed by atoms with Crippen molar-refractivity contribution < 1.29 is 14.3 Å². The van der Waals surface area contributed by atoms with Crippen LogP contribution in [0.4, 0.5) is 4.39 Å². The minimum absolute atomic E-state index is 0.0604. The molecule has 3 nitrogen and oxygen atoms in total. The maximum atomic E-state index is 13.1. The summed E-state index contributed by atoms with van der Waals surface area (Å²) in [6, 6.07) is 4.51. The molecular formula is C14H20FNO2. The first-order valence-electron chi connectivity index (χ1n) is 6.25. The third kappa shape index (κ3) is 4.45. The van der Waals surface area contributed by atoms with Gasteiger partial charge in [-0.25, -0.2) is 4.39 Å². The number of aliphatic hydroxyl groups is 1. The van der Waals surface area contributed by atoms with E-state index in [1.165, 1.54) is 6.07 Å². The molecule has 100 valence electrons. The van der Waals surface area contributed by atoms with Gasteiger partial charge in [0.05, 0.1) is 6.10 Å². The summed E-state index contributed by atoms with van der Waals surface area (Å²) in [5, 5.41) is 12.7. The molecule has 18 heavy (non-hydrogen) atoms. The first-order chi connectivity index (χ1) is 8.54. The van der Waals surface area contributed by atoms with Crippen molar-refractivity contribution in [3.05, 3.63) is 35.1 Å². The Morgan fingerprint density at radius 2 is 2.22 bits per heavy atom. The van der Waals surface area contributed by atoms with Crippen LogP contribution in [0.5, 0.6) is 0 Å². The third-order valence-electron chi connectivity index (χ3n) is 2.78. The highest BCUT2D eigenvalue weighted by Gasteiger charge is 2.11. The van der Waals surface area contributed by atoms with Crippen LogP contribution in [0, 0.1) is 12.7 Å². The van der Waals surface area contributed by atoms with Gasteiger partial charge in [-0.2, -0.15) is 0 Å². The van der Waals surface area contributed by atoms with Crippen molar-refractivity contribution >= 4 is 5.91 Å². The Morgan fingerprint density at radius 3 is 2.83 bits per heavy atom. The van der Waals surface area contributed by atoms with Gasteiger partial charge < -0.3 is 10.4 Å². The second kappa shape index (κ2) is 7.11. The van der Waals surface area contributed by atoms with Gasteiger partial charge in [-0.15, -0.1) is 0 Å². The Hall–Kier alpha value is -1.42. The fourth-order valence-electron chi connectivity index (χ4n) is 1.66. The molecule has 4 heteroatoms. The molecule has 1 atom stereocenters. The molecule has 0 fully saturated rings. The number of rotatable bonds is 6. The summed E-state index contributed by atoms with van der Waals surface area (Å²) in [5.74, 6) is -0.346. The molecular weight excluding hydrogens is 233 g/mol. The molecule has 1 aromatic rings. The summed E-state index contributed by atoms with van der Waals surface area (Å²) in [4.78, 5) is 11.4. The third-order valence-corrected chi connectivity index (χ3v) is 2.78. The standard InChI is InChI=1S/C14H20FNO2/c1-3-8-16-14(18)7-6-13(17)11-4-5-12(15)10(2)9-11/h4-5,9,13,17H,3,6-8H2,1-2H3,(H,16,18). The van der Waals surface area contributed by atoms with Crippen molar-refractivity contribution in [2.45, 2.75) is 39.2 Å². The zero-order chi connectivity index (χ0) is 13.5. The van der Waals surface area contributed by atoms with Crippen LogP contribution in [-0.4, -0.2) is 17.6 Å². The predicted molar refractivity (Wildman–Crippen MR) is 68.6 cm³/mol. The summed E-state index contributed by atoms with van der Waals surface area (Å²) in [6.45, 7) is 4.29. The van der Waals surface area contributed by atoms with Gasteiger partial charge in [0, 0.05) is 13.0 Å². The van der Waals surface area contributed by atoms with Crippen LogP contribution < -0.4 is 5.32 Å². The lowest BCUT2D eigenvalue weighted by Gasteiger charge is -2.12. The van der Waals surface area contributed by atoms with E-state index in [9.17, 15) is 14.3 Å². The SMILES string of the molecule is CCCNC(=O)CCC(O)c1ccc(F)c(C)c1. The molecule has 0 aliphatic carbocycles. The number of hydrogen-bond donors (Lipinski definition) is 2. The lowest BCUT2D eigenvalue weighted by atomic mass is 10.0. The van der Waals surface area contributed by atoms with Gasteiger partial charge in [-0.05, 0) is 37.0 Å². The highest BCUT2D eigenvalue weighted by atomic mass is 19.1. The minimum Gasteiger partial charge on any atom is -0.388 e. The lowest BCUT2D eigenvalue weighted by Crippen LogP contribution is -2.24. The first kappa shape index (κ1) is 14.6. The van der Waals surface area contributed by atoms with Crippen LogP contribution in [0.2, 0.25) is 0 Å². The summed E-state index contributed by atoms with van der Waals surface area (Å²) in [6.07, 6.45) is 0.792. The first-order valence-corrected chi connectivity index (χ1v) is 6.25. The van der Waals surface area contributed by atoms with E-state index >= 15 is 0 Å². The largest absolute Gasteiger partial charge is 0.388 e. The highest BCUT2D eigenvalue weighted by Crippen LogP contribution is 2.20. The molecule has 2 N–H and O–H groups in total. The number of nitrogens with one attached hydrogen (secondary N) is 1. The van der Waals surface area contributed by atoms with Crippen molar-refractivity contribution in [3.8, 4) is 0 Å². The van der Waals surface area contributed by atoms with Gasteiger partial charge in [-0.1, -0.05) is 19.1 Å². The van der Waals surface area contributed by atoms with E-state index in [-0.39, 0.29) is 18.1 Å². The molecule has 1 aromatic carbocycles. The average Bonchev–Trinajstić information content (AvgIpc) is 2.36. The zero-order valence-electron chi connectivity index (χ0n) is 10.9. The second-order valence-electron chi connectivity index (χ2n) is 4.41.